The molecule has 0 bridgehead atoms. The lowest BCUT2D eigenvalue weighted by atomic mass is 9.79. The smallest absolute Gasteiger partial charge is 0.316 e. The van der Waals surface area contributed by atoms with Crippen LogP contribution in [-0.4, -0.2) is 12.6 Å². The van der Waals surface area contributed by atoms with Gasteiger partial charge in [-0.3, -0.25) is 4.79 Å². The maximum absolute atomic E-state index is 11.9. The lowest BCUT2D eigenvalue weighted by molar-refractivity contribution is -0.142. The van der Waals surface area contributed by atoms with Crippen molar-refractivity contribution in [1.29, 1.82) is 0 Å². The molecule has 1 saturated heterocycles. The molecule has 0 amide bonds. The van der Waals surface area contributed by atoms with Gasteiger partial charge in [-0.1, -0.05) is 42.5 Å². The highest BCUT2D eigenvalue weighted by Crippen LogP contribution is 2.37. The average Bonchev–Trinajstić information content (AvgIpc) is 2.70. The quantitative estimate of drug-likeness (QED) is 0.698. The Morgan fingerprint density at radius 2 is 1.88 bits per heavy atom. The molecule has 1 aliphatic heterocycles. The zero-order valence-corrected chi connectivity index (χ0v) is 9.77. The fraction of sp³-hybridized carbons (Fsp3) is 0.267. The van der Waals surface area contributed by atoms with Gasteiger partial charge in [0.15, 0.2) is 0 Å². The Kier molecular flexibility index (Phi) is 2.18. The molecular weight excluding hydrogens is 212 g/mol. The Labute approximate surface area is 100 Å². The minimum atomic E-state index is -0.485. The van der Waals surface area contributed by atoms with Crippen molar-refractivity contribution in [3.63, 3.8) is 0 Å². The van der Waals surface area contributed by atoms with Gasteiger partial charge in [0.1, 0.15) is 0 Å². The number of benzene rings is 2. The summed E-state index contributed by atoms with van der Waals surface area (Å²) in [5.41, 5.74) is 0.596. The fourth-order valence-electron chi connectivity index (χ4n) is 2.56. The number of hydrogen-bond acceptors (Lipinski definition) is 2. The van der Waals surface area contributed by atoms with Gasteiger partial charge in [-0.2, -0.15) is 0 Å². The van der Waals surface area contributed by atoms with Crippen molar-refractivity contribution in [3.05, 3.63) is 48.0 Å². The molecule has 17 heavy (non-hydrogen) atoms. The van der Waals surface area contributed by atoms with Crippen molar-refractivity contribution < 1.29 is 9.53 Å². The molecule has 0 saturated carbocycles. The van der Waals surface area contributed by atoms with Gasteiger partial charge in [0.2, 0.25) is 0 Å². The molecular formula is C15H14O2. The highest BCUT2D eigenvalue weighted by atomic mass is 16.5. The molecule has 2 aromatic carbocycles. The van der Waals surface area contributed by atoms with E-state index in [1.807, 2.05) is 31.2 Å². The van der Waals surface area contributed by atoms with E-state index in [2.05, 4.69) is 18.2 Å². The van der Waals surface area contributed by atoms with E-state index in [-0.39, 0.29) is 5.97 Å². The van der Waals surface area contributed by atoms with Crippen LogP contribution < -0.4 is 0 Å². The standard InChI is InChI=1S/C15H14O2/c1-15(9-10-17-14(15)16)13-8-4-6-11-5-2-3-7-12(11)13/h2-8H,9-10H2,1H3. The molecule has 1 fully saturated rings. The summed E-state index contributed by atoms with van der Waals surface area (Å²) in [7, 11) is 0. The highest BCUT2D eigenvalue weighted by Gasteiger charge is 2.42. The first-order valence-corrected chi connectivity index (χ1v) is 5.87. The van der Waals surface area contributed by atoms with Crippen molar-refractivity contribution in [2.45, 2.75) is 18.8 Å². The third-order valence-electron chi connectivity index (χ3n) is 3.67. The number of carbonyl (C=O) groups is 1. The molecule has 1 heterocycles. The van der Waals surface area contributed by atoms with Gasteiger partial charge in [0, 0.05) is 6.42 Å². The molecule has 1 aliphatic rings. The molecule has 1 atom stereocenters. The number of esters is 1. The second-order valence-corrected chi connectivity index (χ2v) is 4.74. The van der Waals surface area contributed by atoms with Crippen LogP contribution in [0.3, 0.4) is 0 Å². The van der Waals surface area contributed by atoms with E-state index in [0.717, 1.165) is 17.4 Å². The van der Waals surface area contributed by atoms with Gasteiger partial charge >= 0.3 is 5.97 Å². The summed E-state index contributed by atoms with van der Waals surface area (Å²) in [5.74, 6) is -0.103. The predicted molar refractivity (Wildman–Crippen MR) is 66.9 cm³/mol. The first kappa shape index (κ1) is 10.3. The topological polar surface area (TPSA) is 26.3 Å². The Hall–Kier alpha value is -1.83. The minimum absolute atomic E-state index is 0.103. The van der Waals surface area contributed by atoms with E-state index in [1.54, 1.807) is 0 Å². The number of fused-ring (bicyclic) bond motifs is 1. The molecule has 0 aromatic heterocycles. The normalized spacial score (nSPS) is 23.9. The summed E-state index contributed by atoms with van der Waals surface area (Å²) in [6.45, 7) is 2.50. The largest absolute Gasteiger partial charge is 0.465 e. The summed E-state index contributed by atoms with van der Waals surface area (Å²) < 4.78 is 5.13. The molecule has 0 radical (unpaired) electrons. The van der Waals surface area contributed by atoms with Crippen molar-refractivity contribution >= 4 is 16.7 Å². The SMILES string of the molecule is CC1(c2cccc3ccccc23)CCOC1=O. The Balaban J connectivity index is 2.27. The average molecular weight is 226 g/mol. The fourth-order valence-corrected chi connectivity index (χ4v) is 2.56. The van der Waals surface area contributed by atoms with Crippen molar-refractivity contribution in [1.82, 2.24) is 0 Å². The van der Waals surface area contributed by atoms with Crippen LogP contribution in [0.25, 0.3) is 10.8 Å². The number of ether oxygens (including phenoxy) is 1. The molecule has 0 N–H and O–H groups in total. The Morgan fingerprint density at radius 3 is 2.65 bits per heavy atom. The number of carbonyl (C=O) groups excluding carboxylic acids is 1. The third-order valence-corrected chi connectivity index (χ3v) is 3.67. The van der Waals surface area contributed by atoms with Crippen LogP contribution >= 0.6 is 0 Å². The van der Waals surface area contributed by atoms with Gasteiger partial charge < -0.3 is 4.74 Å². The van der Waals surface area contributed by atoms with Crippen LogP contribution in [-0.2, 0) is 14.9 Å². The van der Waals surface area contributed by atoms with Gasteiger partial charge in [0.25, 0.3) is 0 Å². The molecule has 1 unspecified atom stereocenters. The van der Waals surface area contributed by atoms with Crippen molar-refractivity contribution in [3.8, 4) is 0 Å². The minimum Gasteiger partial charge on any atom is -0.465 e. The van der Waals surface area contributed by atoms with E-state index in [0.29, 0.717) is 6.61 Å². The zero-order valence-electron chi connectivity index (χ0n) is 9.77. The van der Waals surface area contributed by atoms with Crippen LogP contribution in [0.4, 0.5) is 0 Å². The number of hydrogen-bond donors (Lipinski definition) is 0. The third kappa shape index (κ3) is 1.44. The lowest BCUT2D eigenvalue weighted by Gasteiger charge is -2.21. The van der Waals surface area contributed by atoms with Crippen molar-refractivity contribution in [2.24, 2.45) is 0 Å². The van der Waals surface area contributed by atoms with Crippen molar-refractivity contribution in [2.75, 3.05) is 6.61 Å². The maximum Gasteiger partial charge on any atom is 0.316 e. The van der Waals surface area contributed by atoms with Crippen LogP contribution in [0.5, 0.6) is 0 Å². The van der Waals surface area contributed by atoms with E-state index in [9.17, 15) is 4.79 Å². The Bertz CT molecular complexity index is 583. The summed E-state index contributed by atoms with van der Waals surface area (Å²) in [5, 5.41) is 2.32. The summed E-state index contributed by atoms with van der Waals surface area (Å²) in [6.07, 6.45) is 0.764. The molecule has 2 aromatic rings. The van der Waals surface area contributed by atoms with Gasteiger partial charge in [-0.05, 0) is 23.3 Å². The van der Waals surface area contributed by atoms with E-state index in [4.69, 9.17) is 4.74 Å². The molecule has 0 spiro atoms. The first-order chi connectivity index (χ1) is 8.22. The van der Waals surface area contributed by atoms with Crippen LogP contribution in [0.1, 0.15) is 18.9 Å². The molecule has 0 aliphatic carbocycles. The van der Waals surface area contributed by atoms with Crippen LogP contribution in [0, 0.1) is 0 Å². The lowest BCUT2D eigenvalue weighted by Crippen LogP contribution is -2.27. The molecule has 86 valence electrons. The number of cyclic esters (lactones) is 1. The second kappa shape index (κ2) is 3.59. The zero-order chi connectivity index (χ0) is 11.9. The monoisotopic (exact) mass is 226 g/mol. The molecule has 2 heteroatoms. The summed E-state index contributed by atoms with van der Waals surface area (Å²) in [6, 6.07) is 14.3. The van der Waals surface area contributed by atoms with Gasteiger partial charge in [-0.25, -0.2) is 0 Å². The molecule has 2 nitrogen and oxygen atoms in total. The highest BCUT2D eigenvalue weighted by molar-refractivity contribution is 5.94. The van der Waals surface area contributed by atoms with E-state index >= 15 is 0 Å². The molecule has 3 rings (SSSR count). The number of rotatable bonds is 1. The van der Waals surface area contributed by atoms with Gasteiger partial charge in [0.05, 0.1) is 12.0 Å². The second-order valence-electron chi connectivity index (χ2n) is 4.74. The predicted octanol–water partition coefficient (Wildman–Crippen LogP) is 3.04. The van der Waals surface area contributed by atoms with Crippen LogP contribution in [0.15, 0.2) is 42.5 Å². The summed E-state index contributed by atoms with van der Waals surface area (Å²) >= 11 is 0. The van der Waals surface area contributed by atoms with E-state index < -0.39 is 5.41 Å². The maximum atomic E-state index is 11.9. The first-order valence-electron chi connectivity index (χ1n) is 5.87. The Morgan fingerprint density at radius 1 is 1.12 bits per heavy atom. The summed E-state index contributed by atoms with van der Waals surface area (Å²) in [4.78, 5) is 11.9. The van der Waals surface area contributed by atoms with Gasteiger partial charge in [-0.15, -0.1) is 0 Å². The van der Waals surface area contributed by atoms with Crippen LogP contribution in [0.2, 0.25) is 0 Å². The van der Waals surface area contributed by atoms with E-state index in [1.165, 1.54) is 5.39 Å².